The number of aromatic nitrogens is 4. The molecule has 1 N–H and O–H groups in total. The first-order valence-corrected chi connectivity index (χ1v) is 4.33. The number of nitrogens with one attached hydrogen (secondary N) is 1. The maximum Gasteiger partial charge on any atom is 0.365 e. The maximum absolute atomic E-state index is 11.1. The van der Waals surface area contributed by atoms with Gasteiger partial charge in [-0.05, 0) is 38.5 Å². The van der Waals surface area contributed by atoms with Gasteiger partial charge in [-0.2, -0.15) is 4.68 Å². The molecule has 66 valence electrons. The maximum atomic E-state index is 11.1. The molecule has 1 aromatic carbocycles. The Balaban J connectivity index is 2.66. The first-order valence-electron chi connectivity index (χ1n) is 3.54. The van der Waals surface area contributed by atoms with E-state index in [0.29, 0.717) is 5.69 Å². The summed E-state index contributed by atoms with van der Waals surface area (Å²) in [6.45, 7) is 0. The van der Waals surface area contributed by atoms with Crippen LogP contribution < -0.4 is 5.69 Å². The van der Waals surface area contributed by atoms with Gasteiger partial charge in [-0.1, -0.05) is 12.1 Å². The fourth-order valence-corrected chi connectivity index (χ4v) is 1.43. The van der Waals surface area contributed by atoms with Crippen LogP contribution in [0.3, 0.4) is 0 Å². The van der Waals surface area contributed by atoms with Gasteiger partial charge in [0, 0.05) is 4.47 Å². The van der Waals surface area contributed by atoms with Gasteiger partial charge in [0.15, 0.2) is 0 Å². The molecule has 0 bridgehead atoms. The lowest BCUT2D eigenvalue weighted by Gasteiger charge is -1.99. The summed E-state index contributed by atoms with van der Waals surface area (Å²) in [7, 11) is 0. The van der Waals surface area contributed by atoms with Gasteiger partial charge in [-0.25, -0.2) is 9.89 Å². The van der Waals surface area contributed by atoms with Crippen LogP contribution in [-0.2, 0) is 0 Å². The molecule has 0 fully saturated rings. The molecule has 2 rings (SSSR count). The molecule has 0 atom stereocenters. The highest BCUT2D eigenvalue weighted by atomic mass is 79.9. The molecule has 0 saturated carbocycles. The van der Waals surface area contributed by atoms with Crippen LogP contribution in [0.4, 0.5) is 0 Å². The number of nitrogens with zero attached hydrogens (tertiary/aromatic N) is 3. The summed E-state index contributed by atoms with van der Waals surface area (Å²) in [4.78, 5) is 11.1. The Bertz CT molecular complexity index is 475. The van der Waals surface area contributed by atoms with Crippen molar-refractivity contribution in [3.05, 3.63) is 39.2 Å². The SMILES string of the molecule is O=c1[nH]nnn1-c1ccccc1Br. The van der Waals surface area contributed by atoms with Gasteiger partial charge in [-0.3, -0.25) is 0 Å². The summed E-state index contributed by atoms with van der Waals surface area (Å²) in [5.74, 6) is 0. The second-order valence-corrected chi connectivity index (χ2v) is 3.22. The Morgan fingerprint density at radius 2 is 2.15 bits per heavy atom. The molecular formula is C7H5BrN4O. The van der Waals surface area contributed by atoms with Crippen molar-refractivity contribution in [3.63, 3.8) is 0 Å². The predicted molar refractivity (Wildman–Crippen MR) is 49.7 cm³/mol. The average Bonchev–Trinajstić information content (AvgIpc) is 2.52. The number of aromatic amines is 1. The largest absolute Gasteiger partial charge is 0.365 e. The van der Waals surface area contributed by atoms with Crippen molar-refractivity contribution >= 4 is 15.9 Å². The van der Waals surface area contributed by atoms with E-state index in [9.17, 15) is 4.79 Å². The van der Waals surface area contributed by atoms with Gasteiger partial charge in [-0.15, -0.1) is 0 Å². The molecule has 0 radical (unpaired) electrons. The summed E-state index contributed by atoms with van der Waals surface area (Å²) in [6, 6.07) is 7.28. The van der Waals surface area contributed by atoms with Crippen molar-refractivity contribution in [2.45, 2.75) is 0 Å². The Morgan fingerprint density at radius 3 is 2.77 bits per heavy atom. The second-order valence-electron chi connectivity index (χ2n) is 2.37. The van der Waals surface area contributed by atoms with Gasteiger partial charge in [0.05, 0.1) is 5.69 Å². The molecule has 0 aliphatic rings. The summed E-state index contributed by atoms with van der Waals surface area (Å²) in [6.07, 6.45) is 0. The molecule has 0 unspecified atom stereocenters. The average molecular weight is 241 g/mol. The van der Waals surface area contributed by atoms with Crippen molar-refractivity contribution in [1.29, 1.82) is 0 Å². The zero-order chi connectivity index (χ0) is 9.26. The quantitative estimate of drug-likeness (QED) is 0.799. The van der Waals surface area contributed by atoms with E-state index >= 15 is 0 Å². The Morgan fingerprint density at radius 1 is 1.38 bits per heavy atom. The lowest BCUT2D eigenvalue weighted by Crippen LogP contribution is -2.16. The number of tetrazole rings is 1. The number of hydrogen-bond donors (Lipinski definition) is 1. The highest BCUT2D eigenvalue weighted by Crippen LogP contribution is 2.17. The number of H-pyrrole nitrogens is 1. The normalized spacial score (nSPS) is 10.2. The molecule has 13 heavy (non-hydrogen) atoms. The van der Waals surface area contributed by atoms with Crippen LogP contribution >= 0.6 is 15.9 Å². The third-order valence-electron chi connectivity index (χ3n) is 1.55. The van der Waals surface area contributed by atoms with Crippen molar-refractivity contribution in [3.8, 4) is 5.69 Å². The molecule has 1 heterocycles. The predicted octanol–water partition coefficient (Wildman–Crippen LogP) is 0.718. The summed E-state index contributed by atoms with van der Waals surface area (Å²) >= 11 is 3.31. The number of para-hydroxylation sites is 1. The molecule has 6 heteroatoms. The minimum Gasteiger partial charge on any atom is -0.244 e. The van der Waals surface area contributed by atoms with Gasteiger partial charge in [0.2, 0.25) is 0 Å². The third kappa shape index (κ3) is 1.40. The minimum atomic E-state index is -0.355. The first kappa shape index (κ1) is 8.18. The van der Waals surface area contributed by atoms with Crippen LogP contribution in [0.15, 0.2) is 33.5 Å². The minimum absolute atomic E-state index is 0.355. The Labute approximate surface area is 81.5 Å². The molecular weight excluding hydrogens is 236 g/mol. The standard InChI is InChI=1S/C7H5BrN4O/c8-5-3-1-2-4-6(5)12-7(13)9-10-11-12/h1-4H,(H,9,11,13). The van der Waals surface area contributed by atoms with Crippen molar-refractivity contribution in [1.82, 2.24) is 20.2 Å². The zero-order valence-corrected chi connectivity index (χ0v) is 8.02. The third-order valence-corrected chi connectivity index (χ3v) is 2.22. The monoisotopic (exact) mass is 240 g/mol. The number of rotatable bonds is 1. The van der Waals surface area contributed by atoms with Crippen LogP contribution in [0.2, 0.25) is 0 Å². The van der Waals surface area contributed by atoms with Crippen LogP contribution in [0.5, 0.6) is 0 Å². The summed E-state index contributed by atoms with van der Waals surface area (Å²) in [5, 5.41) is 9.23. The summed E-state index contributed by atoms with van der Waals surface area (Å²) in [5.41, 5.74) is 0.313. The van der Waals surface area contributed by atoms with E-state index in [1.807, 2.05) is 18.2 Å². The van der Waals surface area contributed by atoms with Crippen molar-refractivity contribution in [2.24, 2.45) is 0 Å². The van der Waals surface area contributed by atoms with Gasteiger partial charge in [0.25, 0.3) is 0 Å². The fraction of sp³-hybridized carbons (Fsp3) is 0. The number of benzene rings is 1. The topological polar surface area (TPSA) is 63.6 Å². The smallest absolute Gasteiger partial charge is 0.244 e. The Hall–Kier alpha value is -1.43. The van der Waals surface area contributed by atoms with E-state index in [2.05, 4.69) is 31.5 Å². The fourth-order valence-electron chi connectivity index (χ4n) is 0.979. The molecule has 5 nitrogen and oxygen atoms in total. The van der Waals surface area contributed by atoms with Crippen molar-refractivity contribution in [2.75, 3.05) is 0 Å². The van der Waals surface area contributed by atoms with Gasteiger partial charge < -0.3 is 0 Å². The van der Waals surface area contributed by atoms with Crippen LogP contribution in [-0.4, -0.2) is 20.2 Å². The summed E-state index contributed by atoms with van der Waals surface area (Å²) < 4.78 is 1.98. The zero-order valence-electron chi connectivity index (χ0n) is 6.44. The highest BCUT2D eigenvalue weighted by molar-refractivity contribution is 9.10. The van der Waals surface area contributed by atoms with E-state index in [-0.39, 0.29) is 5.69 Å². The molecule has 0 spiro atoms. The number of halogens is 1. The first-order chi connectivity index (χ1) is 6.29. The van der Waals surface area contributed by atoms with Crippen LogP contribution in [0.25, 0.3) is 5.69 Å². The van der Waals surface area contributed by atoms with Gasteiger partial charge >= 0.3 is 5.69 Å². The van der Waals surface area contributed by atoms with Crippen LogP contribution in [0, 0.1) is 0 Å². The molecule has 2 aromatic rings. The van der Waals surface area contributed by atoms with Crippen molar-refractivity contribution < 1.29 is 0 Å². The lowest BCUT2D eigenvalue weighted by molar-refractivity contribution is 0.777. The van der Waals surface area contributed by atoms with E-state index in [4.69, 9.17) is 0 Å². The Kier molecular flexibility index (Phi) is 1.97. The van der Waals surface area contributed by atoms with E-state index in [1.54, 1.807) is 6.07 Å². The number of hydrogen-bond acceptors (Lipinski definition) is 3. The van der Waals surface area contributed by atoms with E-state index in [0.717, 1.165) is 4.47 Å². The van der Waals surface area contributed by atoms with E-state index < -0.39 is 0 Å². The van der Waals surface area contributed by atoms with Gasteiger partial charge in [0.1, 0.15) is 0 Å². The molecule has 0 amide bonds. The van der Waals surface area contributed by atoms with Crippen LogP contribution in [0.1, 0.15) is 0 Å². The van der Waals surface area contributed by atoms with E-state index in [1.165, 1.54) is 4.68 Å². The molecule has 0 aliphatic heterocycles. The lowest BCUT2D eigenvalue weighted by atomic mass is 10.3. The second kappa shape index (κ2) is 3.14. The highest BCUT2D eigenvalue weighted by Gasteiger charge is 2.05. The molecule has 0 aliphatic carbocycles. The molecule has 0 saturated heterocycles. The molecule has 1 aromatic heterocycles.